The number of hydrogen-bond donors (Lipinski definition) is 0. The Labute approximate surface area is 161 Å². The van der Waals surface area contributed by atoms with Gasteiger partial charge in [0.2, 0.25) is 5.91 Å². The number of thioether (sulfide) groups is 1. The number of halogens is 1. The van der Waals surface area contributed by atoms with Crippen LogP contribution in [0.15, 0.2) is 16.6 Å². The zero-order valence-corrected chi connectivity index (χ0v) is 16.6. The Morgan fingerprint density at radius 3 is 2.64 bits per heavy atom. The molecule has 136 valence electrons. The lowest BCUT2D eigenvalue weighted by Crippen LogP contribution is -2.48. The van der Waals surface area contributed by atoms with Gasteiger partial charge in [-0.05, 0) is 37.1 Å². The second-order valence-electron chi connectivity index (χ2n) is 6.65. The van der Waals surface area contributed by atoms with Crippen LogP contribution in [-0.4, -0.2) is 66.1 Å². The van der Waals surface area contributed by atoms with Crippen molar-refractivity contribution in [3.8, 4) is 11.5 Å². The number of ether oxygens (including phenoxy) is 2. The lowest BCUT2D eigenvalue weighted by Gasteiger charge is -2.32. The van der Waals surface area contributed by atoms with Gasteiger partial charge in [0.1, 0.15) is 13.2 Å². The van der Waals surface area contributed by atoms with Gasteiger partial charge in [-0.15, -0.1) is 0 Å². The molecular weight excluding hydrogens is 404 g/mol. The SMILES string of the molecule is O=C(C1CCCN1Cc1cc2c(cc1Br)OCCO2)N1CCSCC1. The highest BCUT2D eigenvalue weighted by Gasteiger charge is 2.34. The summed E-state index contributed by atoms with van der Waals surface area (Å²) in [7, 11) is 0. The van der Waals surface area contributed by atoms with Crippen LogP contribution in [0.1, 0.15) is 18.4 Å². The van der Waals surface area contributed by atoms with E-state index in [0.29, 0.717) is 19.1 Å². The van der Waals surface area contributed by atoms with Crippen LogP contribution in [0.5, 0.6) is 11.5 Å². The minimum Gasteiger partial charge on any atom is -0.486 e. The van der Waals surface area contributed by atoms with E-state index >= 15 is 0 Å². The molecule has 1 aromatic carbocycles. The van der Waals surface area contributed by atoms with Crippen molar-refractivity contribution >= 4 is 33.6 Å². The molecule has 25 heavy (non-hydrogen) atoms. The average Bonchev–Trinajstić information content (AvgIpc) is 3.10. The largest absolute Gasteiger partial charge is 0.486 e. The molecule has 3 aliphatic rings. The van der Waals surface area contributed by atoms with Crippen LogP contribution in [0, 0.1) is 0 Å². The van der Waals surface area contributed by atoms with Crippen molar-refractivity contribution in [2.45, 2.75) is 25.4 Å². The minimum atomic E-state index is 0.0169. The van der Waals surface area contributed by atoms with Gasteiger partial charge < -0.3 is 14.4 Å². The molecule has 0 N–H and O–H groups in total. The van der Waals surface area contributed by atoms with Gasteiger partial charge in [-0.25, -0.2) is 0 Å². The third kappa shape index (κ3) is 3.78. The van der Waals surface area contributed by atoms with E-state index in [4.69, 9.17) is 9.47 Å². The molecule has 1 atom stereocenters. The van der Waals surface area contributed by atoms with Gasteiger partial charge in [0.05, 0.1) is 6.04 Å². The number of hydrogen-bond acceptors (Lipinski definition) is 5. The lowest BCUT2D eigenvalue weighted by molar-refractivity contribution is -0.135. The van der Waals surface area contributed by atoms with Gasteiger partial charge >= 0.3 is 0 Å². The first kappa shape index (κ1) is 17.5. The van der Waals surface area contributed by atoms with Crippen molar-refractivity contribution < 1.29 is 14.3 Å². The van der Waals surface area contributed by atoms with Crippen LogP contribution >= 0.6 is 27.7 Å². The summed E-state index contributed by atoms with van der Waals surface area (Å²) in [5.41, 5.74) is 1.15. The minimum absolute atomic E-state index is 0.0169. The molecule has 1 aromatic rings. The van der Waals surface area contributed by atoms with Crippen molar-refractivity contribution in [2.24, 2.45) is 0 Å². The van der Waals surface area contributed by atoms with Gasteiger partial charge in [-0.3, -0.25) is 9.69 Å². The molecule has 0 bridgehead atoms. The van der Waals surface area contributed by atoms with Crippen LogP contribution in [0.25, 0.3) is 0 Å². The normalized spacial score (nSPS) is 23.7. The van der Waals surface area contributed by atoms with E-state index in [-0.39, 0.29) is 6.04 Å². The summed E-state index contributed by atoms with van der Waals surface area (Å²) in [6, 6.07) is 4.05. The van der Waals surface area contributed by atoms with E-state index in [0.717, 1.165) is 72.1 Å². The summed E-state index contributed by atoms with van der Waals surface area (Å²) in [5.74, 6) is 4.03. The molecule has 0 radical (unpaired) electrons. The number of carbonyl (C=O) groups is 1. The molecule has 4 rings (SSSR count). The second kappa shape index (κ2) is 7.76. The van der Waals surface area contributed by atoms with E-state index in [1.54, 1.807) is 0 Å². The van der Waals surface area contributed by atoms with Crippen molar-refractivity contribution in [3.05, 3.63) is 22.2 Å². The Balaban J connectivity index is 1.48. The maximum Gasteiger partial charge on any atom is 0.239 e. The summed E-state index contributed by atoms with van der Waals surface area (Å²) >= 11 is 5.59. The summed E-state index contributed by atoms with van der Waals surface area (Å²) in [6.07, 6.45) is 2.05. The zero-order valence-electron chi connectivity index (χ0n) is 14.2. The van der Waals surface area contributed by atoms with Crippen LogP contribution in [0.3, 0.4) is 0 Å². The van der Waals surface area contributed by atoms with E-state index in [9.17, 15) is 4.79 Å². The molecule has 3 aliphatic heterocycles. The third-order valence-electron chi connectivity index (χ3n) is 5.06. The maximum atomic E-state index is 12.9. The monoisotopic (exact) mass is 426 g/mol. The Morgan fingerprint density at radius 2 is 1.88 bits per heavy atom. The first-order valence-corrected chi connectivity index (χ1v) is 10.9. The Morgan fingerprint density at radius 1 is 1.16 bits per heavy atom. The number of likely N-dealkylation sites (tertiary alicyclic amines) is 1. The first-order chi connectivity index (χ1) is 12.2. The highest BCUT2D eigenvalue weighted by atomic mass is 79.9. The molecule has 2 fully saturated rings. The predicted molar refractivity (Wildman–Crippen MR) is 102 cm³/mol. The summed E-state index contributed by atoms with van der Waals surface area (Å²) in [5, 5.41) is 0. The Bertz CT molecular complexity index is 651. The second-order valence-corrected chi connectivity index (χ2v) is 8.73. The summed E-state index contributed by atoms with van der Waals surface area (Å²) < 4.78 is 12.4. The molecule has 5 nitrogen and oxygen atoms in total. The number of rotatable bonds is 3. The van der Waals surface area contributed by atoms with Crippen LogP contribution in [0.4, 0.5) is 0 Å². The van der Waals surface area contributed by atoms with Crippen molar-refractivity contribution in [1.29, 1.82) is 0 Å². The number of fused-ring (bicyclic) bond motifs is 1. The zero-order chi connectivity index (χ0) is 17.2. The van der Waals surface area contributed by atoms with Gasteiger partial charge in [-0.1, -0.05) is 15.9 Å². The topological polar surface area (TPSA) is 42.0 Å². The molecule has 0 aromatic heterocycles. The highest BCUT2D eigenvalue weighted by Crippen LogP contribution is 2.37. The molecule has 0 spiro atoms. The number of nitrogens with zero attached hydrogens (tertiary/aromatic N) is 2. The van der Waals surface area contributed by atoms with E-state index in [2.05, 4.69) is 31.8 Å². The van der Waals surface area contributed by atoms with Crippen LogP contribution in [-0.2, 0) is 11.3 Å². The third-order valence-corrected chi connectivity index (χ3v) is 6.74. The lowest BCUT2D eigenvalue weighted by atomic mass is 10.1. The molecule has 1 amide bonds. The van der Waals surface area contributed by atoms with Crippen molar-refractivity contribution in [1.82, 2.24) is 9.80 Å². The Hall–Kier alpha value is -0.920. The van der Waals surface area contributed by atoms with Crippen molar-refractivity contribution in [2.75, 3.05) is 44.4 Å². The quantitative estimate of drug-likeness (QED) is 0.742. The molecule has 3 heterocycles. The molecular formula is C18H23BrN2O3S. The molecule has 1 unspecified atom stereocenters. The summed E-state index contributed by atoms with van der Waals surface area (Å²) in [6.45, 7) is 4.70. The predicted octanol–water partition coefficient (Wildman–Crippen LogP) is 2.76. The molecule has 0 saturated carbocycles. The van der Waals surface area contributed by atoms with Gasteiger partial charge in [0.15, 0.2) is 11.5 Å². The van der Waals surface area contributed by atoms with Crippen molar-refractivity contribution in [3.63, 3.8) is 0 Å². The highest BCUT2D eigenvalue weighted by molar-refractivity contribution is 9.10. The number of benzene rings is 1. The fourth-order valence-electron chi connectivity index (χ4n) is 3.74. The smallest absolute Gasteiger partial charge is 0.239 e. The Kier molecular flexibility index (Phi) is 5.43. The van der Waals surface area contributed by atoms with E-state index in [1.807, 2.05) is 17.8 Å². The number of amides is 1. The fraction of sp³-hybridized carbons (Fsp3) is 0.611. The fourth-order valence-corrected chi connectivity index (χ4v) is 5.09. The average molecular weight is 427 g/mol. The van der Waals surface area contributed by atoms with Crippen LogP contribution in [0.2, 0.25) is 0 Å². The first-order valence-electron chi connectivity index (χ1n) is 8.91. The van der Waals surface area contributed by atoms with E-state index < -0.39 is 0 Å². The van der Waals surface area contributed by atoms with Gasteiger partial charge in [0, 0.05) is 35.6 Å². The maximum absolute atomic E-state index is 12.9. The standard InChI is InChI=1S/C18H23BrN2O3S/c19-14-11-17-16(23-6-7-24-17)10-13(14)12-21-3-1-2-15(21)18(22)20-4-8-25-9-5-20/h10-11,15H,1-9,12H2. The molecule has 0 aliphatic carbocycles. The molecule has 2 saturated heterocycles. The molecule has 7 heteroatoms. The van der Waals surface area contributed by atoms with Gasteiger partial charge in [-0.2, -0.15) is 11.8 Å². The number of carbonyl (C=O) groups excluding carboxylic acids is 1. The van der Waals surface area contributed by atoms with Crippen LogP contribution < -0.4 is 9.47 Å². The van der Waals surface area contributed by atoms with Gasteiger partial charge in [0.25, 0.3) is 0 Å². The van der Waals surface area contributed by atoms with E-state index in [1.165, 1.54) is 0 Å². The summed E-state index contributed by atoms with van der Waals surface area (Å²) in [4.78, 5) is 17.3.